The molecule has 0 aliphatic rings. The van der Waals surface area contributed by atoms with Gasteiger partial charge in [-0.2, -0.15) is 0 Å². The van der Waals surface area contributed by atoms with Gasteiger partial charge >= 0.3 is 0 Å². The molecule has 0 aromatic heterocycles. The monoisotopic (exact) mass is 229 g/mol. The minimum Gasteiger partial charge on any atom is -0.0613 e. The molecule has 0 saturated heterocycles. The Labute approximate surface area is 106 Å². The van der Waals surface area contributed by atoms with Crippen LogP contribution < -0.4 is 0 Å². The van der Waals surface area contributed by atoms with Gasteiger partial charge in [0.2, 0.25) is 0 Å². The van der Waals surface area contributed by atoms with Crippen LogP contribution in [0.25, 0.3) is 32.3 Å². The van der Waals surface area contributed by atoms with E-state index in [9.17, 15) is 0 Å². The first kappa shape index (κ1) is 9.90. The van der Waals surface area contributed by atoms with E-state index >= 15 is 0 Å². The van der Waals surface area contributed by atoms with E-state index in [4.69, 9.17) is 0 Å². The van der Waals surface area contributed by atoms with E-state index in [-0.39, 0.29) is 0 Å². The standard InChI is InChI=1S/C18H13/c1-2-12-11-15-7-3-5-13-9-10-14-6-4-8-16(12)18(14)17(13)15/h3-5,7-11H,2H2,1H3. The Hall–Kier alpha value is -2.08. The van der Waals surface area contributed by atoms with Crippen molar-refractivity contribution in [3.05, 3.63) is 60.2 Å². The molecule has 4 aromatic carbocycles. The third-order valence-electron chi connectivity index (χ3n) is 3.89. The smallest absolute Gasteiger partial charge is 0.00178 e. The first-order chi connectivity index (χ1) is 8.88. The van der Waals surface area contributed by atoms with Crippen LogP contribution in [0.15, 0.2) is 48.5 Å². The number of hydrogen-bond donors (Lipinski definition) is 0. The fourth-order valence-electron chi connectivity index (χ4n) is 3.05. The van der Waals surface area contributed by atoms with E-state index in [1.165, 1.54) is 37.9 Å². The van der Waals surface area contributed by atoms with Crippen molar-refractivity contribution >= 4 is 32.3 Å². The van der Waals surface area contributed by atoms with Crippen molar-refractivity contribution < 1.29 is 0 Å². The molecule has 0 nitrogen and oxygen atoms in total. The van der Waals surface area contributed by atoms with Crippen molar-refractivity contribution in [3.8, 4) is 0 Å². The minimum atomic E-state index is 1.07. The van der Waals surface area contributed by atoms with Crippen molar-refractivity contribution in [1.29, 1.82) is 0 Å². The lowest BCUT2D eigenvalue weighted by Crippen LogP contribution is -1.89. The van der Waals surface area contributed by atoms with E-state index in [1.807, 2.05) is 6.07 Å². The molecule has 0 spiro atoms. The largest absolute Gasteiger partial charge is 0.0613 e. The molecule has 0 aliphatic carbocycles. The first-order valence-electron chi connectivity index (χ1n) is 6.45. The average Bonchev–Trinajstić information content (AvgIpc) is 2.44. The highest BCUT2D eigenvalue weighted by molar-refractivity contribution is 6.23. The van der Waals surface area contributed by atoms with Gasteiger partial charge in [0.15, 0.2) is 0 Å². The van der Waals surface area contributed by atoms with Crippen LogP contribution in [0.2, 0.25) is 0 Å². The summed E-state index contributed by atoms with van der Waals surface area (Å²) in [7, 11) is 0. The van der Waals surface area contributed by atoms with Gasteiger partial charge in [0.05, 0.1) is 0 Å². The molecule has 0 unspecified atom stereocenters. The van der Waals surface area contributed by atoms with Gasteiger partial charge in [0.25, 0.3) is 0 Å². The summed E-state index contributed by atoms with van der Waals surface area (Å²) < 4.78 is 0. The van der Waals surface area contributed by atoms with Gasteiger partial charge in [-0.05, 0) is 50.4 Å². The zero-order valence-electron chi connectivity index (χ0n) is 10.3. The van der Waals surface area contributed by atoms with E-state index < -0.39 is 0 Å². The SMILES string of the molecule is CCc1cc2cccc3ccc4[c]ccc1c4c32. The van der Waals surface area contributed by atoms with Crippen LogP contribution in [0.4, 0.5) is 0 Å². The second-order valence-electron chi connectivity index (χ2n) is 4.85. The second kappa shape index (κ2) is 3.46. The molecule has 0 N–H and O–H groups in total. The molecule has 0 heteroatoms. The molecule has 0 amide bonds. The highest BCUT2D eigenvalue weighted by Gasteiger charge is 2.10. The Kier molecular flexibility index (Phi) is 1.90. The second-order valence-corrected chi connectivity index (χ2v) is 4.85. The fraction of sp³-hybridized carbons (Fsp3) is 0.111. The molecule has 4 aromatic rings. The maximum Gasteiger partial charge on any atom is -0.00178 e. The van der Waals surface area contributed by atoms with E-state index in [2.05, 4.69) is 55.5 Å². The summed E-state index contributed by atoms with van der Waals surface area (Å²) in [5, 5.41) is 8.06. The summed E-state index contributed by atoms with van der Waals surface area (Å²) in [6, 6.07) is 20.9. The summed E-state index contributed by atoms with van der Waals surface area (Å²) >= 11 is 0. The van der Waals surface area contributed by atoms with E-state index in [0.29, 0.717) is 0 Å². The Balaban J connectivity index is 2.43. The van der Waals surface area contributed by atoms with Crippen LogP contribution in [-0.4, -0.2) is 0 Å². The van der Waals surface area contributed by atoms with E-state index in [1.54, 1.807) is 0 Å². The van der Waals surface area contributed by atoms with Crippen molar-refractivity contribution in [2.75, 3.05) is 0 Å². The normalized spacial score (nSPS) is 11.8. The summed E-state index contributed by atoms with van der Waals surface area (Å²) in [6.07, 6.45) is 1.07. The van der Waals surface area contributed by atoms with Crippen molar-refractivity contribution in [2.24, 2.45) is 0 Å². The van der Waals surface area contributed by atoms with Crippen LogP contribution in [0.5, 0.6) is 0 Å². The lowest BCUT2D eigenvalue weighted by atomic mass is 9.91. The first-order valence-corrected chi connectivity index (χ1v) is 6.45. The Morgan fingerprint density at radius 2 is 1.83 bits per heavy atom. The van der Waals surface area contributed by atoms with Crippen LogP contribution in [0.3, 0.4) is 0 Å². The van der Waals surface area contributed by atoms with Crippen molar-refractivity contribution in [2.45, 2.75) is 13.3 Å². The molecule has 0 aliphatic heterocycles. The zero-order chi connectivity index (χ0) is 12.1. The third-order valence-corrected chi connectivity index (χ3v) is 3.89. The molecule has 18 heavy (non-hydrogen) atoms. The summed E-state index contributed by atoms with van der Waals surface area (Å²) in [5.41, 5.74) is 1.43. The number of aryl methyl sites for hydroxylation is 1. The molecule has 0 atom stereocenters. The van der Waals surface area contributed by atoms with Crippen molar-refractivity contribution in [1.82, 2.24) is 0 Å². The predicted octanol–water partition coefficient (Wildman–Crippen LogP) is 4.95. The molecule has 0 heterocycles. The fourth-order valence-corrected chi connectivity index (χ4v) is 3.05. The molecule has 0 fully saturated rings. The van der Waals surface area contributed by atoms with Crippen LogP contribution in [-0.2, 0) is 6.42 Å². The van der Waals surface area contributed by atoms with Crippen LogP contribution >= 0.6 is 0 Å². The highest BCUT2D eigenvalue weighted by atomic mass is 14.1. The van der Waals surface area contributed by atoms with Gasteiger partial charge in [-0.3, -0.25) is 0 Å². The van der Waals surface area contributed by atoms with E-state index in [0.717, 1.165) is 6.42 Å². The summed E-state index contributed by atoms with van der Waals surface area (Å²) in [4.78, 5) is 0. The lowest BCUT2D eigenvalue weighted by molar-refractivity contribution is 1.16. The molecule has 0 saturated carbocycles. The third kappa shape index (κ3) is 1.15. The summed E-state index contributed by atoms with van der Waals surface area (Å²) in [5.74, 6) is 0. The molecule has 4 rings (SSSR count). The maximum absolute atomic E-state index is 3.36. The molecule has 85 valence electrons. The number of hydrogen-bond acceptors (Lipinski definition) is 0. The Morgan fingerprint density at radius 3 is 2.72 bits per heavy atom. The number of rotatable bonds is 1. The number of benzene rings is 4. The lowest BCUT2D eigenvalue weighted by Gasteiger charge is -2.13. The van der Waals surface area contributed by atoms with Crippen molar-refractivity contribution in [3.63, 3.8) is 0 Å². The van der Waals surface area contributed by atoms with Gasteiger partial charge < -0.3 is 0 Å². The highest BCUT2D eigenvalue weighted by Crippen LogP contribution is 2.36. The molecule has 0 bridgehead atoms. The predicted molar refractivity (Wildman–Crippen MR) is 78.4 cm³/mol. The zero-order valence-corrected chi connectivity index (χ0v) is 10.3. The Morgan fingerprint density at radius 1 is 0.944 bits per heavy atom. The quantitative estimate of drug-likeness (QED) is 0.405. The van der Waals surface area contributed by atoms with Gasteiger partial charge in [0.1, 0.15) is 0 Å². The average molecular weight is 229 g/mol. The van der Waals surface area contributed by atoms with Gasteiger partial charge in [0, 0.05) is 0 Å². The molecule has 1 radical (unpaired) electrons. The van der Waals surface area contributed by atoms with Gasteiger partial charge in [-0.1, -0.05) is 55.5 Å². The minimum absolute atomic E-state index is 1.07. The molecular formula is C18H13. The maximum atomic E-state index is 3.36. The topological polar surface area (TPSA) is 0 Å². The summed E-state index contributed by atoms with van der Waals surface area (Å²) in [6.45, 7) is 2.22. The Bertz CT molecular complexity index is 856. The van der Waals surface area contributed by atoms with Gasteiger partial charge in [-0.25, -0.2) is 0 Å². The van der Waals surface area contributed by atoms with Crippen LogP contribution in [0, 0.1) is 6.07 Å². The van der Waals surface area contributed by atoms with Crippen LogP contribution in [0.1, 0.15) is 12.5 Å². The molecular weight excluding hydrogens is 216 g/mol. The van der Waals surface area contributed by atoms with Gasteiger partial charge in [-0.15, -0.1) is 0 Å².